The van der Waals surface area contributed by atoms with Gasteiger partial charge in [-0.1, -0.05) is 11.6 Å². The van der Waals surface area contributed by atoms with Gasteiger partial charge >= 0.3 is 5.97 Å². The zero-order chi connectivity index (χ0) is 18.8. The standard InChI is InChI=1S/C18H15ClFN3O3/c1-10-5-6-23-9-15(21-16(23)7-10)18(25)26-11(2)17(24)22-14-4-3-12(19)8-13(14)20/h3-9,11H,1-2H3,(H,22,24). The number of imidazole rings is 1. The van der Waals surface area contributed by atoms with Crippen molar-refractivity contribution < 1.29 is 18.7 Å². The fourth-order valence-corrected chi connectivity index (χ4v) is 2.44. The third kappa shape index (κ3) is 3.83. The smallest absolute Gasteiger partial charge is 0.359 e. The topological polar surface area (TPSA) is 72.7 Å². The van der Waals surface area contributed by atoms with Gasteiger partial charge in [0, 0.05) is 17.4 Å². The number of amides is 1. The number of halogens is 2. The minimum Gasteiger partial charge on any atom is -0.448 e. The number of pyridine rings is 1. The molecule has 0 aliphatic carbocycles. The molecule has 134 valence electrons. The van der Waals surface area contributed by atoms with Crippen LogP contribution >= 0.6 is 11.6 Å². The minimum absolute atomic E-state index is 0.0505. The molecule has 6 nitrogen and oxygen atoms in total. The van der Waals surface area contributed by atoms with Crippen molar-refractivity contribution in [3.05, 3.63) is 64.8 Å². The van der Waals surface area contributed by atoms with Crippen LogP contribution in [0.15, 0.2) is 42.7 Å². The summed E-state index contributed by atoms with van der Waals surface area (Å²) in [6.07, 6.45) is 2.15. The summed E-state index contributed by atoms with van der Waals surface area (Å²) in [7, 11) is 0. The van der Waals surface area contributed by atoms with E-state index in [2.05, 4.69) is 10.3 Å². The molecule has 2 aromatic heterocycles. The zero-order valence-electron chi connectivity index (χ0n) is 14.0. The number of aromatic nitrogens is 2. The molecule has 1 N–H and O–H groups in total. The lowest BCUT2D eigenvalue weighted by Crippen LogP contribution is -2.30. The molecular weight excluding hydrogens is 361 g/mol. The molecule has 0 spiro atoms. The summed E-state index contributed by atoms with van der Waals surface area (Å²) in [6.45, 7) is 3.30. The Morgan fingerprint density at radius 2 is 2.08 bits per heavy atom. The summed E-state index contributed by atoms with van der Waals surface area (Å²) in [5, 5.41) is 2.56. The van der Waals surface area contributed by atoms with E-state index in [1.165, 1.54) is 25.3 Å². The molecule has 0 radical (unpaired) electrons. The number of carbonyl (C=O) groups is 2. The molecule has 0 aliphatic heterocycles. The van der Waals surface area contributed by atoms with E-state index >= 15 is 0 Å². The van der Waals surface area contributed by atoms with Crippen LogP contribution in [0.5, 0.6) is 0 Å². The summed E-state index contributed by atoms with van der Waals surface area (Å²) < 4.78 is 20.5. The minimum atomic E-state index is -1.14. The Balaban J connectivity index is 1.68. The van der Waals surface area contributed by atoms with E-state index in [0.29, 0.717) is 5.65 Å². The third-order valence-corrected chi connectivity index (χ3v) is 3.90. The first-order chi connectivity index (χ1) is 12.3. The molecule has 8 heteroatoms. The number of carbonyl (C=O) groups excluding carboxylic acids is 2. The van der Waals surface area contributed by atoms with Crippen LogP contribution in [0.1, 0.15) is 23.0 Å². The maximum Gasteiger partial charge on any atom is 0.359 e. The van der Waals surface area contributed by atoms with E-state index in [9.17, 15) is 14.0 Å². The van der Waals surface area contributed by atoms with Crippen LogP contribution in [-0.2, 0) is 9.53 Å². The average molecular weight is 376 g/mol. The molecule has 0 saturated heterocycles. The second-order valence-electron chi connectivity index (χ2n) is 5.76. The first-order valence-electron chi connectivity index (χ1n) is 7.76. The van der Waals surface area contributed by atoms with E-state index in [1.54, 1.807) is 10.6 Å². The van der Waals surface area contributed by atoms with Crippen molar-refractivity contribution in [1.82, 2.24) is 9.38 Å². The number of nitrogens with one attached hydrogen (secondary N) is 1. The number of esters is 1. The number of benzene rings is 1. The molecule has 0 fully saturated rings. The SMILES string of the molecule is Cc1ccn2cc(C(=O)OC(C)C(=O)Nc3ccc(Cl)cc3F)nc2c1. The second kappa shape index (κ2) is 7.13. The van der Waals surface area contributed by atoms with Crippen molar-refractivity contribution in [3.8, 4) is 0 Å². The Morgan fingerprint density at radius 3 is 2.81 bits per heavy atom. The van der Waals surface area contributed by atoms with Crippen molar-refractivity contribution in [1.29, 1.82) is 0 Å². The Bertz CT molecular complexity index is 1000. The van der Waals surface area contributed by atoms with Gasteiger partial charge in [0.15, 0.2) is 11.8 Å². The Kier molecular flexibility index (Phi) is 4.90. The van der Waals surface area contributed by atoms with Gasteiger partial charge in [-0.05, 0) is 49.7 Å². The number of rotatable bonds is 4. The van der Waals surface area contributed by atoms with Gasteiger partial charge < -0.3 is 14.5 Å². The number of anilines is 1. The molecule has 1 aromatic carbocycles. The first-order valence-corrected chi connectivity index (χ1v) is 8.13. The molecule has 1 unspecified atom stereocenters. The van der Waals surface area contributed by atoms with E-state index in [0.717, 1.165) is 11.6 Å². The summed E-state index contributed by atoms with van der Waals surface area (Å²) in [4.78, 5) is 28.5. The fraction of sp³-hybridized carbons (Fsp3) is 0.167. The van der Waals surface area contributed by atoms with E-state index < -0.39 is 23.8 Å². The lowest BCUT2D eigenvalue weighted by molar-refractivity contribution is -0.123. The molecule has 3 aromatic rings. The summed E-state index contributed by atoms with van der Waals surface area (Å²) in [6, 6.07) is 7.54. The predicted molar refractivity (Wildman–Crippen MR) is 94.8 cm³/mol. The predicted octanol–water partition coefficient (Wildman–Crippen LogP) is 3.62. The van der Waals surface area contributed by atoms with Gasteiger partial charge in [-0.25, -0.2) is 14.2 Å². The molecular formula is C18H15ClFN3O3. The van der Waals surface area contributed by atoms with Crippen molar-refractivity contribution in [2.45, 2.75) is 20.0 Å². The summed E-state index contributed by atoms with van der Waals surface area (Å²) in [5.74, 6) is -2.09. The Hall–Kier alpha value is -2.93. The third-order valence-electron chi connectivity index (χ3n) is 3.67. The average Bonchev–Trinajstić information content (AvgIpc) is 3.00. The Labute approximate surface area is 153 Å². The van der Waals surface area contributed by atoms with Crippen LogP contribution in [0.2, 0.25) is 5.02 Å². The highest BCUT2D eigenvalue weighted by atomic mass is 35.5. The maximum absolute atomic E-state index is 13.7. The maximum atomic E-state index is 13.7. The van der Waals surface area contributed by atoms with E-state index in [1.807, 2.05) is 19.1 Å². The molecule has 3 rings (SSSR count). The van der Waals surface area contributed by atoms with Crippen molar-refractivity contribution >= 4 is 34.8 Å². The summed E-state index contributed by atoms with van der Waals surface area (Å²) >= 11 is 5.66. The van der Waals surface area contributed by atoms with Crippen molar-refractivity contribution in [3.63, 3.8) is 0 Å². The molecule has 2 heterocycles. The molecule has 0 aliphatic rings. The number of ether oxygens (including phenoxy) is 1. The number of hydrogen-bond acceptors (Lipinski definition) is 4. The van der Waals surface area contributed by atoms with E-state index in [-0.39, 0.29) is 16.4 Å². The highest BCUT2D eigenvalue weighted by molar-refractivity contribution is 6.30. The number of aryl methyl sites for hydroxylation is 1. The number of fused-ring (bicyclic) bond motifs is 1. The fourth-order valence-electron chi connectivity index (χ4n) is 2.28. The quantitative estimate of drug-likeness (QED) is 0.707. The van der Waals surface area contributed by atoms with Gasteiger partial charge in [0.25, 0.3) is 5.91 Å². The van der Waals surface area contributed by atoms with Crippen molar-refractivity contribution in [2.24, 2.45) is 0 Å². The van der Waals surface area contributed by atoms with Crippen LogP contribution in [0.3, 0.4) is 0 Å². The zero-order valence-corrected chi connectivity index (χ0v) is 14.7. The molecule has 1 atom stereocenters. The number of hydrogen-bond donors (Lipinski definition) is 1. The molecule has 0 bridgehead atoms. The second-order valence-corrected chi connectivity index (χ2v) is 6.19. The Morgan fingerprint density at radius 1 is 1.31 bits per heavy atom. The normalized spacial score (nSPS) is 12.0. The van der Waals surface area contributed by atoms with Gasteiger partial charge in [-0.15, -0.1) is 0 Å². The van der Waals surface area contributed by atoms with Crippen molar-refractivity contribution in [2.75, 3.05) is 5.32 Å². The lowest BCUT2D eigenvalue weighted by Gasteiger charge is -2.13. The van der Waals surface area contributed by atoms with Gasteiger partial charge in [0.1, 0.15) is 11.5 Å². The lowest BCUT2D eigenvalue weighted by atomic mass is 10.3. The van der Waals surface area contributed by atoms with Gasteiger partial charge in [-0.2, -0.15) is 0 Å². The van der Waals surface area contributed by atoms with Crippen LogP contribution in [0.4, 0.5) is 10.1 Å². The van der Waals surface area contributed by atoms with Crippen LogP contribution in [0.25, 0.3) is 5.65 Å². The number of nitrogens with zero attached hydrogens (tertiary/aromatic N) is 2. The monoisotopic (exact) mass is 375 g/mol. The van der Waals surface area contributed by atoms with Crippen LogP contribution in [-0.4, -0.2) is 27.4 Å². The van der Waals surface area contributed by atoms with Crippen LogP contribution < -0.4 is 5.32 Å². The van der Waals surface area contributed by atoms with Gasteiger partial charge in [-0.3, -0.25) is 4.79 Å². The largest absolute Gasteiger partial charge is 0.448 e. The van der Waals surface area contributed by atoms with Gasteiger partial charge in [0.2, 0.25) is 0 Å². The molecule has 0 saturated carbocycles. The first kappa shape index (κ1) is 17.9. The molecule has 1 amide bonds. The molecule has 26 heavy (non-hydrogen) atoms. The van der Waals surface area contributed by atoms with Gasteiger partial charge in [0.05, 0.1) is 5.69 Å². The summed E-state index contributed by atoms with van der Waals surface area (Å²) in [5.41, 5.74) is 1.62. The highest BCUT2D eigenvalue weighted by Crippen LogP contribution is 2.19. The van der Waals surface area contributed by atoms with Crippen LogP contribution in [0, 0.1) is 12.7 Å². The van der Waals surface area contributed by atoms with E-state index in [4.69, 9.17) is 16.3 Å². The highest BCUT2D eigenvalue weighted by Gasteiger charge is 2.22.